The van der Waals surface area contributed by atoms with Gasteiger partial charge >= 0.3 is 6.18 Å². The smallest absolute Gasteiger partial charge is 0.302 e. The van der Waals surface area contributed by atoms with Gasteiger partial charge in [-0.2, -0.15) is 13.2 Å². The number of alkyl halides is 3. The first-order valence-electron chi connectivity index (χ1n) is 8.27. The molecule has 1 N–H and O–H groups in total. The molecule has 1 aromatic heterocycles. The number of Topliss-reactive ketones (excluding diaryl/α,β-unsaturated/α-hetero) is 1. The molecule has 1 heterocycles. The van der Waals surface area contributed by atoms with Crippen molar-refractivity contribution in [3.8, 4) is 11.3 Å². The fraction of sp³-hybridized carbons (Fsp3) is 0.150. The van der Waals surface area contributed by atoms with Gasteiger partial charge in [-0.15, -0.1) is 0 Å². The Kier molecular flexibility index (Phi) is 5.60. The van der Waals surface area contributed by atoms with Gasteiger partial charge < -0.3 is 5.32 Å². The van der Waals surface area contributed by atoms with Crippen molar-refractivity contribution in [1.29, 1.82) is 0 Å². The maximum Gasteiger partial charge on any atom is 0.416 e. The van der Waals surface area contributed by atoms with Crippen LogP contribution in [0, 0.1) is 0 Å². The summed E-state index contributed by atoms with van der Waals surface area (Å²) in [6.45, 7) is 1.41. The average molecular weight is 404 g/mol. The van der Waals surface area contributed by atoms with Crippen LogP contribution in [-0.4, -0.2) is 16.7 Å². The average Bonchev–Trinajstić information content (AvgIpc) is 3.06. The Morgan fingerprint density at radius 1 is 1.07 bits per heavy atom. The molecule has 0 atom stereocenters. The second-order valence-corrected chi connectivity index (χ2v) is 7.04. The van der Waals surface area contributed by atoms with Crippen molar-refractivity contribution >= 4 is 28.2 Å². The summed E-state index contributed by atoms with van der Waals surface area (Å²) < 4.78 is 38.4. The van der Waals surface area contributed by atoms with Crippen LogP contribution in [0.4, 0.5) is 18.3 Å². The molecule has 0 unspecified atom stereocenters. The molecular weight excluding hydrogens is 389 g/mol. The van der Waals surface area contributed by atoms with Crippen LogP contribution >= 0.6 is 11.3 Å². The Morgan fingerprint density at radius 3 is 2.43 bits per heavy atom. The normalized spacial score (nSPS) is 11.3. The Labute approximate surface area is 163 Å². The summed E-state index contributed by atoms with van der Waals surface area (Å²) in [7, 11) is 0. The van der Waals surface area contributed by atoms with Crippen molar-refractivity contribution in [2.24, 2.45) is 0 Å². The molecule has 8 heteroatoms. The molecule has 0 aliphatic carbocycles. The highest BCUT2D eigenvalue weighted by Crippen LogP contribution is 2.32. The number of halogens is 3. The van der Waals surface area contributed by atoms with E-state index in [1.807, 2.05) is 18.2 Å². The molecule has 144 valence electrons. The number of nitrogens with one attached hydrogen (secondary N) is 1. The molecule has 1 amide bonds. The minimum Gasteiger partial charge on any atom is -0.302 e. The van der Waals surface area contributed by atoms with Gasteiger partial charge in [0.25, 0.3) is 0 Å². The summed E-state index contributed by atoms with van der Waals surface area (Å²) in [6.07, 6.45) is -4.71. The Hall–Kier alpha value is -3.00. The number of anilines is 1. The highest BCUT2D eigenvalue weighted by molar-refractivity contribution is 7.18. The van der Waals surface area contributed by atoms with Crippen LogP contribution in [0.15, 0.2) is 54.6 Å². The minimum absolute atomic E-state index is 0.185. The molecule has 3 rings (SSSR count). The molecule has 0 fully saturated rings. The standard InChI is InChI=1S/C20H15F3N2O2S/c1-12(26)18-17(14-7-3-2-4-8-14)25-19(28-18)24-16(27)11-13-6-5-9-15(10-13)20(21,22)23/h2-10H,11H2,1H3,(H,24,25,27). The molecular formula is C20H15F3N2O2S. The molecule has 0 aliphatic rings. The summed E-state index contributed by atoms with van der Waals surface area (Å²) in [6, 6.07) is 13.7. The van der Waals surface area contributed by atoms with Gasteiger partial charge in [-0.05, 0) is 11.6 Å². The molecule has 0 spiro atoms. The van der Waals surface area contributed by atoms with Gasteiger partial charge in [-0.25, -0.2) is 4.98 Å². The maximum atomic E-state index is 12.8. The zero-order valence-corrected chi connectivity index (χ0v) is 15.5. The minimum atomic E-state index is -4.47. The van der Waals surface area contributed by atoms with Gasteiger partial charge in [0, 0.05) is 12.5 Å². The number of rotatable bonds is 5. The predicted molar refractivity (Wildman–Crippen MR) is 101 cm³/mol. The number of amides is 1. The summed E-state index contributed by atoms with van der Waals surface area (Å²) in [4.78, 5) is 28.9. The van der Waals surface area contributed by atoms with Crippen LogP contribution in [0.25, 0.3) is 11.3 Å². The van der Waals surface area contributed by atoms with E-state index >= 15 is 0 Å². The second-order valence-electron chi connectivity index (χ2n) is 6.04. The van der Waals surface area contributed by atoms with Crippen molar-refractivity contribution in [1.82, 2.24) is 4.98 Å². The van der Waals surface area contributed by atoms with Crippen molar-refractivity contribution < 1.29 is 22.8 Å². The number of carbonyl (C=O) groups is 2. The van der Waals surface area contributed by atoms with E-state index in [9.17, 15) is 22.8 Å². The van der Waals surface area contributed by atoms with Crippen molar-refractivity contribution in [2.75, 3.05) is 5.32 Å². The first kappa shape index (κ1) is 19.8. The lowest BCUT2D eigenvalue weighted by Gasteiger charge is -2.08. The van der Waals surface area contributed by atoms with Crippen LogP contribution in [0.3, 0.4) is 0 Å². The van der Waals surface area contributed by atoms with Crippen molar-refractivity contribution in [2.45, 2.75) is 19.5 Å². The highest BCUT2D eigenvalue weighted by atomic mass is 32.1. The number of aromatic nitrogens is 1. The number of thiazole rings is 1. The highest BCUT2D eigenvalue weighted by Gasteiger charge is 2.30. The number of carbonyl (C=O) groups excluding carboxylic acids is 2. The first-order valence-corrected chi connectivity index (χ1v) is 9.09. The molecule has 4 nitrogen and oxygen atoms in total. The summed E-state index contributed by atoms with van der Waals surface area (Å²) in [5.74, 6) is -0.697. The van der Waals surface area contributed by atoms with Crippen LogP contribution in [-0.2, 0) is 17.4 Å². The van der Waals surface area contributed by atoms with E-state index in [-0.39, 0.29) is 22.9 Å². The van der Waals surface area contributed by atoms with Crippen molar-refractivity contribution in [3.63, 3.8) is 0 Å². The third-order valence-electron chi connectivity index (χ3n) is 3.86. The van der Waals surface area contributed by atoms with Gasteiger partial charge in [0.2, 0.25) is 5.91 Å². The summed E-state index contributed by atoms with van der Waals surface area (Å²) in [5.41, 5.74) is 0.631. The molecule has 0 saturated heterocycles. The van der Waals surface area contributed by atoms with Gasteiger partial charge in [-0.3, -0.25) is 9.59 Å². The van der Waals surface area contributed by atoms with Crippen LogP contribution in [0.1, 0.15) is 27.7 Å². The SMILES string of the molecule is CC(=O)c1sc(NC(=O)Cc2cccc(C(F)(F)F)c2)nc1-c1ccccc1. The van der Waals surface area contributed by atoms with E-state index in [0.29, 0.717) is 10.6 Å². The lowest BCUT2D eigenvalue weighted by Crippen LogP contribution is -2.15. The van der Waals surface area contributed by atoms with Crippen LogP contribution < -0.4 is 5.32 Å². The second kappa shape index (κ2) is 7.93. The monoisotopic (exact) mass is 404 g/mol. The number of hydrogen-bond donors (Lipinski definition) is 1. The van der Waals surface area contributed by atoms with E-state index in [1.54, 1.807) is 12.1 Å². The number of hydrogen-bond acceptors (Lipinski definition) is 4. The summed E-state index contributed by atoms with van der Waals surface area (Å²) in [5, 5.41) is 2.79. The van der Waals surface area contributed by atoms with Crippen LogP contribution in [0.5, 0.6) is 0 Å². The van der Waals surface area contributed by atoms with Gasteiger partial charge in [0.15, 0.2) is 10.9 Å². The van der Waals surface area contributed by atoms with E-state index < -0.39 is 17.6 Å². The Balaban J connectivity index is 1.79. The Morgan fingerprint density at radius 2 is 1.79 bits per heavy atom. The maximum absolute atomic E-state index is 12.8. The molecule has 0 bridgehead atoms. The van der Waals surface area contributed by atoms with Crippen LogP contribution in [0.2, 0.25) is 0 Å². The molecule has 0 radical (unpaired) electrons. The van der Waals surface area contributed by atoms with Crippen molar-refractivity contribution in [3.05, 3.63) is 70.6 Å². The molecule has 0 aliphatic heterocycles. The first-order chi connectivity index (χ1) is 13.2. The van der Waals surface area contributed by atoms with E-state index in [1.165, 1.54) is 19.1 Å². The fourth-order valence-electron chi connectivity index (χ4n) is 2.61. The number of nitrogens with zero attached hydrogens (tertiary/aromatic N) is 1. The van der Waals surface area contributed by atoms with E-state index in [4.69, 9.17) is 0 Å². The molecule has 2 aromatic carbocycles. The third kappa shape index (κ3) is 4.64. The molecule has 3 aromatic rings. The third-order valence-corrected chi connectivity index (χ3v) is 4.93. The quantitative estimate of drug-likeness (QED) is 0.594. The molecule has 28 heavy (non-hydrogen) atoms. The topological polar surface area (TPSA) is 59.1 Å². The zero-order chi connectivity index (χ0) is 20.3. The van der Waals surface area contributed by atoms with Gasteiger partial charge in [-0.1, -0.05) is 59.9 Å². The van der Waals surface area contributed by atoms with E-state index in [2.05, 4.69) is 10.3 Å². The zero-order valence-electron chi connectivity index (χ0n) is 14.7. The lowest BCUT2D eigenvalue weighted by atomic mass is 10.1. The molecule has 0 saturated carbocycles. The van der Waals surface area contributed by atoms with Gasteiger partial charge in [0.05, 0.1) is 22.6 Å². The fourth-order valence-corrected chi connectivity index (χ4v) is 3.51. The van der Waals surface area contributed by atoms with E-state index in [0.717, 1.165) is 29.0 Å². The Bertz CT molecular complexity index is 1010. The number of ketones is 1. The summed E-state index contributed by atoms with van der Waals surface area (Å²) >= 11 is 1.04. The van der Waals surface area contributed by atoms with Gasteiger partial charge in [0.1, 0.15) is 0 Å². The largest absolute Gasteiger partial charge is 0.416 e. The lowest BCUT2D eigenvalue weighted by molar-refractivity contribution is -0.137. The number of benzene rings is 2. The predicted octanol–water partition coefficient (Wildman–Crippen LogP) is 5.21.